The molecule has 1 saturated carbocycles. The first-order valence-electron chi connectivity index (χ1n) is 14.4. The van der Waals surface area contributed by atoms with Crippen LogP contribution < -0.4 is 14.4 Å². The summed E-state index contributed by atoms with van der Waals surface area (Å²) in [4.78, 5) is 29.1. The first kappa shape index (κ1) is 31.1. The summed E-state index contributed by atoms with van der Waals surface area (Å²) in [5.74, 6) is -0.111. The van der Waals surface area contributed by atoms with E-state index in [1.807, 2.05) is 51.1 Å². The van der Waals surface area contributed by atoms with Gasteiger partial charge in [0.15, 0.2) is 0 Å². The largest absolute Gasteiger partial charge is 0.497 e. The molecule has 0 saturated heterocycles. The highest BCUT2D eigenvalue weighted by molar-refractivity contribution is 7.92. The highest BCUT2D eigenvalue weighted by Gasteiger charge is 2.33. The molecule has 224 valence electrons. The van der Waals surface area contributed by atoms with Crippen LogP contribution in [-0.4, -0.2) is 50.9 Å². The predicted octanol–water partition coefficient (Wildman–Crippen LogP) is 5.29. The number of nitrogens with one attached hydrogen (secondary N) is 1. The number of carbonyl (C=O) groups is 2. The van der Waals surface area contributed by atoms with Crippen LogP contribution in [0, 0.1) is 20.8 Å². The summed E-state index contributed by atoms with van der Waals surface area (Å²) in [7, 11) is -2.55. The number of aryl methyl sites for hydroxylation is 3. The van der Waals surface area contributed by atoms with E-state index < -0.39 is 28.5 Å². The van der Waals surface area contributed by atoms with Gasteiger partial charge in [0.05, 0.1) is 17.7 Å². The second-order valence-electron chi connectivity index (χ2n) is 11.1. The number of benzene rings is 3. The van der Waals surface area contributed by atoms with E-state index in [0.717, 1.165) is 52.2 Å². The molecule has 0 unspecified atom stereocenters. The van der Waals surface area contributed by atoms with Crippen LogP contribution in [0.2, 0.25) is 0 Å². The topological polar surface area (TPSA) is 96.0 Å². The minimum atomic E-state index is -4.11. The molecule has 1 aliphatic rings. The van der Waals surface area contributed by atoms with Gasteiger partial charge in [-0.05, 0) is 93.6 Å². The van der Waals surface area contributed by atoms with Crippen LogP contribution in [-0.2, 0) is 26.2 Å². The maximum atomic E-state index is 14.2. The van der Waals surface area contributed by atoms with Gasteiger partial charge in [-0.25, -0.2) is 8.42 Å². The highest BCUT2D eigenvalue weighted by atomic mass is 32.2. The molecule has 4 rings (SSSR count). The van der Waals surface area contributed by atoms with Gasteiger partial charge in [-0.2, -0.15) is 0 Å². The Balaban J connectivity index is 1.71. The van der Waals surface area contributed by atoms with E-state index in [0.29, 0.717) is 11.4 Å². The normalized spacial score (nSPS) is 14.3. The molecular weight excluding hydrogens is 550 g/mol. The van der Waals surface area contributed by atoms with Gasteiger partial charge in [0, 0.05) is 12.6 Å². The number of rotatable bonds is 11. The lowest BCUT2D eigenvalue weighted by Crippen LogP contribution is -2.52. The van der Waals surface area contributed by atoms with E-state index in [-0.39, 0.29) is 23.4 Å². The molecule has 0 aromatic heterocycles. The number of hydrogen-bond acceptors (Lipinski definition) is 5. The van der Waals surface area contributed by atoms with Crippen LogP contribution in [0.3, 0.4) is 0 Å². The fraction of sp³-hybridized carbons (Fsp3) is 0.394. The Morgan fingerprint density at radius 3 is 2.29 bits per heavy atom. The molecule has 0 radical (unpaired) electrons. The summed E-state index contributed by atoms with van der Waals surface area (Å²) >= 11 is 0. The van der Waals surface area contributed by atoms with Crippen LogP contribution in [0.1, 0.15) is 54.9 Å². The standard InChI is InChI=1S/C33H41N3O5S/c1-23-13-17-31(18-14-23)42(39,40)36(29-16-15-24(2)25(3)19-29)22-32(37)35(21-27-9-8-12-30(20-27)41-5)26(4)33(38)34-28-10-6-7-11-28/h8-9,12-20,26,28H,6-7,10-11,21-22H2,1-5H3,(H,34,38)/t26-/m1/s1. The molecule has 9 heteroatoms. The lowest BCUT2D eigenvalue weighted by atomic mass is 10.1. The second kappa shape index (κ2) is 13.4. The summed E-state index contributed by atoms with van der Waals surface area (Å²) in [6.07, 6.45) is 3.95. The van der Waals surface area contributed by atoms with E-state index >= 15 is 0 Å². The molecule has 3 aromatic carbocycles. The first-order chi connectivity index (χ1) is 20.0. The Hall–Kier alpha value is -3.85. The quantitative estimate of drug-likeness (QED) is 0.327. The predicted molar refractivity (Wildman–Crippen MR) is 165 cm³/mol. The Morgan fingerprint density at radius 1 is 0.952 bits per heavy atom. The second-order valence-corrected chi connectivity index (χ2v) is 13.0. The van der Waals surface area contributed by atoms with E-state index in [9.17, 15) is 18.0 Å². The van der Waals surface area contributed by atoms with Crippen LogP contribution >= 0.6 is 0 Å². The minimum Gasteiger partial charge on any atom is -0.497 e. The van der Waals surface area contributed by atoms with Crippen molar-refractivity contribution in [2.24, 2.45) is 0 Å². The third-order valence-electron chi connectivity index (χ3n) is 8.02. The van der Waals surface area contributed by atoms with E-state index in [4.69, 9.17) is 4.74 Å². The number of carbonyl (C=O) groups excluding carboxylic acids is 2. The molecule has 0 spiro atoms. The molecule has 0 aliphatic heterocycles. The maximum absolute atomic E-state index is 14.2. The third-order valence-corrected chi connectivity index (χ3v) is 9.81. The molecule has 1 aliphatic carbocycles. The summed E-state index contributed by atoms with van der Waals surface area (Å²) in [5, 5.41) is 3.09. The maximum Gasteiger partial charge on any atom is 0.264 e. The van der Waals surface area contributed by atoms with Crippen LogP contribution in [0.5, 0.6) is 5.75 Å². The van der Waals surface area contributed by atoms with Gasteiger partial charge in [-0.15, -0.1) is 0 Å². The van der Waals surface area contributed by atoms with Crippen LogP contribution in [0.25, 0.3) is 0 Å². The monoisotopic (exact) mass is 591 g/mol. The highest BCUT2D eigenvalue weighted by Crippen LogP contribution is 2.27. The van der Waals surface area contributed by atoms with Crippen LogP contribution in [0.4, 0.5) is 5.69 Å². The minimum absolute atomic E-state index is 0.0858. The number of methoxy groups -OCH3 is 1. The van der Waals surface area contributed by atoms with Gasteiger partial charge in [0.1, 0.15) is 18.3 Å². The summed E-state index contributed by atoms with van der Waals surface area (Å²) in [5.41, 5.74) is 3.99. The molecule has 1 N–H and O–H groups in total. The van der Waals surface area contributed by atoms with Crippen LogP contribution in [0.15, 0.2) is 71.6 Å². The number of amides is 2. The number of nitrogens with zero attached hydrogens (tertiary/aromatic N) is 2. The average molecular weight is 592 g/mol. The van der Waals surface area contributed by atoms with Crippen molar-refractivity contribution < 1.29 is 22.7 Å². The van der Waals surface area contributed by atoms with Crippen molar-refractivity contribution >= 4 is 27.5 Å². The molecular formula is C33H41N3O5S. The fourth-order valence-corrected chi connectivity index (χ4v) is 6.60. The molecule has 0 bridgehead atoms. The molecule has 3 aromatic rings. The zero-order valence-corrected chi connectivity index (χ0v) is 25.9. The van der Waals surface area contributed by atoms with E-state index in [1.165, 1.54) is 4.90 Å². The first-order valence-corrected chi connectivity index (χ1v) is 15.8. The van der Waals surface area contributed by atoms with E-state index in [2.05, 4.69) is 5.32 Å². The van der Waals surface area contributed by atoms with E-state index in [1.54, 1.807) is 50.4 Å². The molecule has 0 heterocycles. The van der Waals surface area contributed by atoms with Crippen molar-refractivity contribution in [1.82, 2.24) is 10.2 Å². The molecule has 1 fully saturated rings. The third kappa shape index (κ3) is 7.31. The SMILES string of the molecule is COc1cccc(CN(C(=O)CN(c2ccc(C)c(C)c2)S(=O)(=O)c2ccc(C)cc2)[C@H](C)C(=O)NC2CCCC2)c1. The molecule has 42 heavy (non-hydrogen) atoms. The average Bonchev–Trinajstić information content (AvgIpc) is 3.49. The summed E-state index contributed by atoms with van der Waals surface area (Å²) in [6.45, 7) is 7.07. The zero-order valence-electron chi connectivity index (χ0n) is 25.1. The number of sulfonamides is 1. The van der Waals surface area contributed by atoms with Gasteiger partial charge < -0.3 is 15.0 Å². The molecule has 1 atom stereocenters. The smallest absolute Gasteiger partial charge is 0.264 e. The van der Waals surface area contributed by atoms with Gasteiger partial charge in [0.2, 0.25) is 11.8 Å². The van der Waals surface area contributed by atoms with Crippen molar-refractivity contribution in [3.05, 3.63) is 89.0 Å². The Bertz CT molecular complexity index is 1510. The van der Waals surface area contributed by atoms with Crippen molar-refractivity contribution in [2.75, 3.05) is 18.0 Å². The number of anilines is 1. The zero-order chi connectivity index (χ0) is 30.4. The Morgan fingerprint density at radius 2 is 1.64 bits per heavy atom. The lowest BCUT2D eigenvalue weighted by Gasteiger charge is -2.32. The Kier molecular flexibility index (Phi) is 9.93. The van der Waals surface area contributed by atoms with Crippen molar-refractivity contribution in [3.63, 3.8) is 0 Å². The summed E-state index contributed by atoms with van der Waals surface area (Å²) in [6, 6.07) is 18.5. The Labute approximate surface area is 249 Å². The van der Waals surface area contributed by atoms with Gasteiger partial charge >= 0.3 is 0 Å². The number of hydrogen-bond donors (Lipinski definition) is 1. The molecule has 2 amide bonds. The van der Waals surface area contributed by atoms with Crippen molar-refractivity contribution in [3.8, 4) is 5.75 Å². The van der Waals surface area contributed by atoms with Crippen molar-refractivity contribution in [2.45, 2.75) is 76.9 Å². The summed E-state index contributed by atoms with van der Waals surface area (Å²) < 4.78 is 34.6. The van der Waals surface area contributed by atoms with Gasteiger partial charge in [-0.1, -0.05) is 48.7 Å². The lowest BCUT2D eigenvalue weighted by molar-refractivity contribution is -0.139. The fourth-order valence-electron chi connectivity index (χ4n) is 5.19. The van der Waals surface area contributed by atoms with Gasteiger partial charge in [-0.3, -0.25) is 13.9 Å². The molecule has 8 nitrogen and oxygen atoms in total. The number of ether oxygens (including phenoxy) is 1. The van der Waals surface area contributed by atoms with Crippen molar-refractivity contribution in [1.29, 1.82) is 0 Å². The van der Waals surface area contributed by atoms with Gasteiger partial charge in [0.25, 0.3) is 10.0 Å².